The van der Waals surface area contributed by atoms with Crippen LogP contribution in [0.1, 0.15) is 59.8 Å². The summed E-state index contributed by atoms with van der Waals surface area (Å²) in [5, 5.41) is 13.4. The Morgan fingerprint density at radius 2 is 1.80 bits per heavy atom. The largest absolute Gasteiger partial charge is 0.390 e. The lowest BCUT2D eigenvalue weighted by molar-refractivity contribution is 0.0367. The standard InChI is InChI=1S/C13H29NO/c1-5-14-11-7-10-13(4,15)9-6-8-12(2)3/h12,14-15H,5-11H2,1-4H3. The maximum atomic E-state index is 10.1. The highest BCUT2D eigenvalue weighted by Crippen LogP contribution is 2.20. The van der Waals surface area contributed by atoms with E-state index in [4.69, 9.17) is 0 Å². The van der Waals surface area contributed by atoms with Crippen molar-refractivity contribution >= 4 is 0 Å². The zero-order valence-corrected chi connectivity index (χ0v) is 11.0. The monoisotopic (exact) mass is 215 g/mol. The fraction of sp³-hybridized carbons (Fsp3) is 1.00. The molecule has 2 heteroatoms. The molecule has 0 aromatic heterocycles. The molecule has 0 aromatic carbocycles. The van der Waals surface area contributed by atoms with Crippen molar-refractivity contribution in [1.29, 1.82) is 0 Å². The highest BCUT2D eigenvalue weighted by molar-refractivity contribution is 4.73. The molecule has 0 heterocycles. The molecule has 0 bridgehead atoms. The maximum absolute atomic E-state index is 10.1. The van der Waals surface area contributed by atoms with Gasteiger partial charge >= 0.3 is 0 Å². The molecule has 0 spiro atoms. The van der Waals surface area contributed by atoms with Crippen molar-refractivity contribution < 1.29 is 5.11 Å². The van der Waals surface area contributed by atoms with Crippen LogP contribution >= 0.6 is 0 Å². The van der Waals surface area contributed by atoms with Crippen LogP contribution in [-0.4, -0.2) is 23.8 Å². The normalized spacial score (nSPS) is 15.6. The van der Waals surface area contributed by atoms with E-state index in [9.17, 15) is 5.11 Å². The summed E-state index contributed by atoms with van der Waals surface area (Å²) in [5.41, 5.74) is -0.454. The SMILES string of the molecule is CCNCCCC(C)(O)CCCC(C)C. The molecule has 0 rings (SSSR count). The second kappa shape index (κ2) is 8.12. The maximum Gasteiger partial charge on any atom is 0.0620 e. The Morgan fingerprint density at radius 1 is 1.20 bits per heavy atom. The third-order valence-corrected chi connectivity index (χ3v) is 2.82. The lowest BCUT2D eigenvalue weighted by Crippen LogP contribution is -2.26. The van der Waals surface area contributed by atoms with Crippen molar-refractivity contribution in [2.75, 3.05) is 13.1 Å². The van der Waals surface area contributed by atoms with Crippen molar-refractivity contribution in [3.63, 3.8) is 0 Å². The molecular formula is C13H29NO. The topological polar surface area (TPSA) is 32.3 Å². The quantitative estimate of drug-likeness (QED) is 0.580. The zero-order valence-electron chi connectivity index (χ0n) is 11.0. The summed E-state index contributed by atoms with van der Waals surface area (Å²) in [6, 6.07) is 0. The van der Waals surface area contributed by atoms with E-state index in [1.807, 2.05) is 6.92 Å². The van der Waals surface area contributed by atoms with Gasteiger partial charge in [-0.3, -0.25) is 0 Å². The van der Waals surface area contributed by atoms with Gasteiger partial charge in [0.05, 0.1) is 5.60 Å². The minimum absolute atomic E-state index is 0.454. The molecule has 0 aliphatic carbocycles. The first kappa shape index (κ1) is 14.9. The van der Waals surface area contributed by atoms with Gasteiger partial charge in [-0.05, 0) is 45.2 Å². The van der Waals surface area contributed by atoms with Crippen LogP contribution in [0.5, 0.6) is 0 Å². The Labute approximate surface area is 95.5 Å². The molecule has 2 N–H and O–H groups in total. The Balaban J connectivity index is 3.48. The molecule has 0 aromatic rings. The third kappa shape index (κ3) is 10.2. The smallest absolute Gasteiger partial charge is 0.0620 e. The highest BCUT2D eigenvalue weighted by atomic mass is 16.3. The van der Waals surface area contributed by atoms with Gasteiger partial charge in [0.2, 0.25) is 0 Å². The fourth-order valence-electron chi connectivity index (χ4n) is 1.79. The van der Waals surface area contributed by atoms with Crippen molar-refractivity contribution in [1.82, 2.24) is 5.32 Å². The van der Waals surface area contributed by atoms with Gasteiger partial charge in [0.25, 0.3) is 0 Å². The van der Waals surface area contributed by atoms with Crippen LogP contribution in [0, 0.1) is 5.92 Å². The minimum Gasteiger partial charge on any atom is -0.390 e. The minimum atomic E-state index is -0.454. The molecule has 0 radical (unpaired) electrons. The highest BCUT2D eigenvalue weighted by Gasteiger charge is 2.18. The molecule has 0 saturated carbocycles. The number of rotatable bonds is 9. The Hall–Kier alpha value is -0.0800. The van der Waals surface area contributed by atoms with Crippen LogP contribution in [0.4, 0.5) is 0 Å². The van der Waals surface area contributed by atoms with Gasteiger partial charge in [-0.25, -0.2) is 0 Å². The van der Waals surface area contributed by atoms with E-state index >= 15 is 0 Å². The second-order valence-corrected chi connectivity index (χ2v) is 5.24. The van der Waals surface area contributed by atoms with Gasteiger partial charge in [-0.1, -0.05) is 33.6 Å². The molecule has 2 nitrogen and oxygen atoms in total. The van der Waals surface area contributed by atoms with E-state index < -0.39 is 5.60 Å². The summed E-state index contributed by atoms with van der Waals surface area (Å²) in [4.78, 5) is 0. The van der Waals surface area contributed by atoms with Gasteiger partial charge in [0.1, 0.15) is 0 Å². The lowest BCUT2D eigenvalue weighted by Gasteiger charge is -2.23. The summed E-state index contributed by atoms with van der Waals surface area (Å²) in [7, 11) is 0. The van der Waals surface area contributed by atoms with Crippen LogP contribution < -0.4 is 5.32 Å². The van der Waals surface area contributed by atoms with Crippen molar-refractivity contribution in [3.8, 4) is 0 Å². The molecule has 92 valence electrons. The number of hydrogen-bond acceptors (Lipinski definition) is 2. The molecule has 1 atom stereocenters. The van der Waals surface area contributed by atoms with Gasteiger partial charge in [-0.2, -0.15) is 0 Å². The van der Waals surface area contributed by atoms with E-state index in [0.717, 1.165) is 44.7 Å². The third-order valence-electron chi connectivity index (χ3n) is 2.82. The Morgan fingerprint density at radius 3 is 2.33 bits per heavy atom. The Kier molecular flexibility index (Phi) is 8.07. The average Bonchev–Trinajstić information content (AvgIpc) is 2.11. The van der Waals surface area contributed by atoms with Crippen LogP contribution in [0.2, 0.25) is 0 Å². The summed E-state index contributed by atoms with van der Waals surface area (Å²) in [6.45, 7) is 10.6. The van der Waals surface area contributed by atoms with Crippen LogP contribution in [0.15, 0.2) is 0 Å². The van der Waals surface area contributed by atoms with Gasteiger partial charge in [0, 0.05) is 0 Å². The molecule has 0 fully saturated rings. The summed E-state index contributed by atoms with van der Waals surface area (Å²) < 4.78 is 0. The molecule has 0 amide bonds. The number of hydrogen-bond donors (Lipinski definition) is 2. The molecule has 0 saturated heterocycles. The number of aliphatic hydroxyl groups is 1. The fourth-order valence-corrected chi connectivity index (χ4v) is 1.79. The first-order valence-electron chi connectivity index (χ1n) is 6.41. The van der Waals surface area contributed by atoms with Gasteiger partial charge in [-0.15, -0.1) is 0 Å². The predicted octanol–water partition coefficient (Wildman–Crippen LogP) is 2.95. The van der Waals surface area contributed by atoms with Crippen LogP contribution in [0.3, 0.4) is 0 Å². The Bertz CT molecular complexity index is 143. The molecule has 0 aliphatic heterocycles. The number of nitrogens with one attached hydrogen (secondary N) is 1. The van der Waals surface area contributed by atoms with E-state index in [1.54, 1.807) is 0 Å². The molecule has 1 unspecified atom stereocenters. The van der Waals surface area contributed by atoms with Gasteiger partial charge in [0.15, 0.2) is 0 Å². The van der Waals surface area contributed by atoms with Crippen LogP contribution in [-0.2, 0) is 0 Å². The van der Waals surface area contributed by atoms with E-state index in [-0.39, 0.29) is 0 Å². The second-order valence-electron chi connectivity index (χ2n) is 5.24. The molecular weight excluding hydrogens is 186 g/mol. The van der Waals surface area contributed by atoms with Gasteiger partial charge < -0.3 is 10.4 Å². The average molecular weight is 215 g/mol. The van der Waals surface area contributed by atoms with E-state index in [0.29, 0.717) is 0 Å². The van der Waals surface area contributed by atoms with Crippen molar-refractivity contribution in [2.45, 2.75) is 65.4 Å². The van der Waals surface area contributed by atoms with Crippen molar-refractivity contribution in [2.24, 2.45) is 5.92 Å². The first-order valence-corrected chi connectivity index (χ1v) is 6.41. The van der Waals surface area contributed by atoms with Crippen molar-refractivity contribution in [3.05, 3.63) is 0 Å². The molecule has 0 aliphatic rings. The molecule has 15 heavy (non-hydrogen) atoms. The summed E-state index contributed by atoms with van der Waals surface area (Å²) in [5.74, 6) is 0.752. The summed E-state index contributed by atoms with van der Waals surface area (Å²) in [6.07, 6.45) is 5.30. The lowest BCUT2D eigenvalue weighted by atomic mass is 9.92. The predicted molar refractivity (Wildman–Crippen MR) is 67.1 cm³/mol. The zero-order chi connectivity index (χ0) is 11.7. The van der Waals surface area contributed by atoms with E-state index in [2.05, 4.69) is 26.1 Å². The van der Waals surface area contributed by atoms with E-state index in [1.165, 1.54) is 6.42 Å². The first-order chi connectivity index (χ1) is 6.98. The van der Waals surface area contributed by atoms with Crippen LogP contribution in [0.25, 0.3) is 0 Å². The summed E-state index contributed by atoms with van der Waals surface area (Å²) >= 11 is 0.